The quantitative estimate of drug-likeness (QED) is 0.816. The highest BCUT2D eigenvalue weighted by atomic mass is 16.5. The second-order valence-electron chi connectivity index (χ2n) is 5.05. The predicted octanol–water partition coefficient (Wildman–Crippen LogP) is 2.48. The van der Waals surface area contributed by atoms with Crippen molar-refractivity contribution in [1.29, 1.82) is 0 Å². The molecule has 0 radical (unpaired) electrons. The van der Waals surface area contributed by atoms with Crippen molar-refractivity contribution < 1.29 is 9.53 Å². The summed E-state index contributed by atoms with van der Waals surface area (Å²) in [6.45, 7) is 8.01. The number of ether oxygens (including phenoxy) is 1. The Morgan fingerprint density at radius 2 is 1.82 bits per heavy atom. The Kier molecular flexibility index (Phi) is 3.94. The lowest BCUT2D eigenvalue weighted by Crippen LogP contribution is -2.33. The number of carbonyl (C=O) groups excluding carboxylic acids is 1. The van der Waals surface area contributed by atoms with E-state index in [4.69, 9.17) is 10.5 Å². The fourth-order valence-electron chi connectivity index (χ4n) is 1.59. The average molecular weight is 235 g/mol. The second kappa shape index (κ2) is 4.88. The van der Waals surface area contributed by atoms with Crippen LogP contribution >= 0.6 is 0 Å². The van der Waals surface area contributed by atoms with Gasteiger partial charge in [-0.3, -0.25) is 4.79 Å². The molecule has 0 aliphatic rings. The lowest BCUT2D eigenvalue weighted by Gasteiger charge is -2.22. The monoisotopic (exact) mass is 235 g/mol. The first kappa shape index (κ1) is 13.7. The van der Waals surface area contributed by atoms with Crippen LogP contribution in [0.5, 0.6) is 5.75 Å². The molecule has 0 aromatic heterocycles. The Hall–Kier alpha value is -1.35. The van der Waals surface area contributed by atoms with Crippen molar-refractivity contribution in [3.8, 4) is 5.75 Å². The molecule has 0 spiro atoms. The Bertz CT molecular complexity index is 436. The number of carbonyl (C=O) groups is 1. The number of benzene rings is 1. The SMILES string of the molecule is COc1cc(C)c(C)cc1C(=O)C(C)(C)CN. The Labute approximate surface area is 103 Å². The van der Waals surface area contributed by atoms with Gasteiger partial charge in [0.1, 0.15) is 5.75 Å². The van der Waals surface area contributed by atoms with E-state index in [1.807, 2.05) is 39.8 Å². The number of Topliss-reactive ketones (excluding diaryl/α,β-unsaturated/α-hetero) is 1. The summed E-state index contributed by atoms with van der Waals surface area (Å²) < 4.78 is 5.28. The maximum absolute atomic E-state index is 12.4. The summed E-state index contributed by atoms with van der Waals surface area (Å²) in [5, 5.41) is 0. The lowest BCUT2D eigenvalue weighted by molar-refractivity contribution is 0.0844. The van der Waals surface area contributed by atoms with Gasteiger partial charge in [0.2, 0.25) is 0 Å². The van der Waals surface area contributed by atoms with Crippen LogP contribution in [0.1, 0.15) is 35.3 Å². The van der Waals surface area contributed by atoms with Crippen molar-refractivity contribution in [3.63, 3.8) is 0 Å². The molecular weight excluding hydrogens is 214 g/mol. The van der Waals surface area contributed by atoms with Crippen molar-refractivity contribution in [3.05, 3.63) is 28.8 Å². The van der Waals surface area contributed by atoms with Gasteiger partial charge in [-0.05, 0) is 37.1 Å². The van der Waals surface area contributed by atoms with Crippen LogP contribution in [-0.2, 0) is 0 Å². The fraction of sp³-hybridized carbons (Fsp3) is 0.500. The van der Waals surface area contributed by atoms with E-state index in [9.17, 15) is 4.79 Å². The molecule has 1 aromatic rings. The molecule has 0 aliphatic heterocycles. The molecule has 0 amide bonds. The third kappa shape index (κ3) is 2.67. The fourth-order valence-corrected chi connectivity index (χ4v) is 1.59. The van der Waals surface area contributed by atoms with Crippen molar-refractivity contribution >= 4 is 5.78 Å². The summed E-state index contributed by atoms with van der Waals surface area (Å²) in [6.07, 6.45) is 0. The summed E-state index contributed by atoms with van der Waals surface area (Å²) in [6, 6.07) is 3.78. The van der Waals surface area contributed by atoms with Crippen LogP contribution < -0.4 is 10.5 Å². The summed E-state index contributed by atoms with van der Waals surface area (Å²) in [5.74, 6) is 0.652. The molecule has 3 heteroatoms. The van der Waals surface area contributed by atoms with Gasteiger partial charge < -0.3 is 10.5 Å². The molecule has 0 atom stereocenters. The van der Waals surface area contributed by atoms with Crippen LogP contribution in [0.3, 0.4) is 0 Å². The molecule has 0 unspecified atom stereocenters. The molecule has 3 nitrogen and oxygen atoms in total. The van der Waals surface area contributed by atoms with Crippen LogP contribution in [-0.4, -0.2) is 19.4 Å². The maximum Gasteiger partial charge on any atom is 0.173 e. The van der Waals surface area contributed by atoms with Crippen LogP contribution in [0.25, 0.3) is 0 Å². The van der Waals surface area contributed by atoms with E-state index in [2.05, 4.69) is 0 Å². The van der Waals surface area contributed by atoms with Crippen molar-refractivity contribution in [1.82, 2.24) is 0 Å². The molecule has 0 saturated carbocycles. The van der Waals surface area contributed by atoms with E-state index < -0.39 is 5.41 Å². The minimum atomic E-state index is -0.561. The molecule has 17 heavy (non-hydrogen) atoms. The minimum Gasteiger partial charge on any atom is -0.496 e. The van der Waals surface area contributed by atoms with Gasteiger partial charge in [-0.15, -0.1) is 0 Å². The molecule has 2 N–H and O–H groups in total. The maximum atomic E-state index is 12.4. The lowest BCUT2D eigenvalue weighted by atomic mass is 9.83. The topological polar surface area (TPSA) is 52.3 Å². The first-order chi connectivity index (χ1) is 7.83. The summed E-state index contributed by atoms with van der Waals surface area (Å²) in [4.78, 5) is 12.4. The molecule has 1 aromatic carbocycles. The van der Waals surface area contributed by atoms with Crippen LogP contribution in [0.15, 0.2) is 12.1 Å². The van der Waals surface area contributed by atoms with Gasteiger partial charge >= 0.3 is 0 Å². The number of ketones is 1. The van der Waals surface area contributed by atoms with E-state index in [1.165, 1.54) is 0 Å². The number of rotatable bonds is 4. The molecule has 0 aliphatic carbocycles. The Morgan fingerprint density at radius 1 is 1.29 bits per heavy atom. The van der Waals surface area contributed by atoms with E-state index in [-0.39, 0.29) is 5.78 Å². The largest absolute Gasteiger partial charge is 0.496 e. The van der Waals surface area contributed by atoms with Gasteiger partial charge in [0.15, 0.2) is 5.78 Å². The summed E-state index contributed by atoms with van der Waals surface area (Å²) in [7, 11) is 1.58. The zero-order valence-corrected chi connectivity index (χ0v) is 11.3. The van der Waals surface area contributed by atoms with Crippen LogP contribution in [0, 0.1) is 19.3 Å². The van der Waals surface area contributed by atoms with Crippen LogP contribution in [0.4, 0.5) is 0 Å². The predicted molar refractivity (Wildman–Crippen MR) is 69.6 cm³/mol. The highest BCUT2D eigenvalue weighted by Gasteiger charge is 2.29. The number of nitrogens with two attached hydrogens (primary N) is 1. The molecule has 94 valence electrons. The van der Waals surface area contributed by atoms with Crippen molar-refractivity contribution in [2.45, 2.75) is 27.7 Å². The van der Waals surface area contributed by atoms with Gasteiger partial charge in [-0.1, -0.05) is 13.8 Å². The molecule has 0 fully saturated rings. The standard InChI is InChI=1S/C14H21NO2/c1-9-6-11(12(17-5)7-10(9)2)13(16)14(3,4)8-15/h6-7H,8,15H2,1-5H3. The minimum absolute atomic E-state index is 0.0277. The van der Waals surface area contributed by atoms with Crippen molar-refractivity contribution in [2.75, 3.05) is 13.7 Å². The second-order valence-corrected chi connectivity index (χ2v) is 5.05. The number of aryl methyl sites for hydroxylation is 2. The third-order valence-electron chi connectivity index (χ3n) is 3.19. The zero-order chi connectivity index (χ0) is 13.2. The zero-order valence-electron chi connectivity index (χ0n) is 11.3. The highest BCUT2D eigenvalue weighted by Crippen LogP contribution is 2.29. The van der Waals surface area contributed by atoms with E-state index in [1.54, 1.807) is 7.11 Å². The smallest absolute Gasteiger partial charge is 0.173 e. The third-order valence-corrected chi connectivity index (χ3v) is 3.19. The number of hydrogen-bond donors (Lipinski definition) is 1. The summed E-state index contributed by atoms with van der Waals surface area (Å²) >= 11 is 0. The van der Waals surface area contributed by atoms with E-state index in [0.29, 0.717) is 17.9 Å². The van der Waals surface area contributed by atoms with Gasteiger partial charge in [0.25, 0.3) is 0 Å². The molecule has 0 saturated heterocycles. The van der Waals surface area contributed by atoms with Gasteiger partial charge in [-0.25, -0.2) is 0 Å². The normalized spacial score (nSPS) is 11.4. The Balaban J connectivity index is 3.31. The average Bonchev–Trinajstić information content (AvgIpc) is 2.31. The first-order valence-electron chi connectivity index (χ1n) is 5.73. The Morgan fingerprint density at radius 3 is 2.29 bits per heavy atom. The van der Waals surface area contributed by atoms with Crippen molar-refractivity contribution in [2.24, 2.45) is 11.1 Å². The molecule has 1 rings (SSSR count). The number of hydrogen-bond acceptors (Lipinski definition) is 3. The van der Waals surface area contributed by atoms with E-state index >= 15 is 0 Å². The number of methoxy groups -OCH3 is 1. The van der Waals surface area contributed by atoms with E-state index in [0.717, 1.165) is 11.1 Å². The van der Waals surface area contributed by atoms with Gasteiger partial charge in [0, 0.05) is 12.0 Å². The summed E-state index contributed by atoms with van der Waals surface area (Å²) in [5.41, 5.74) is 7.90. The van der Waals surface area contributed by atoms with Gasteiger partial charge in [0.05, 0.1) is 12.7 Å². The van der Waals surface area contributed by atoms with Gasteiger partial charge in [-0.2, -0.15) is 0 Å². The highest BCUT2D eigenvalue weighted by molar-refractivity contribution is 6.02. The molecular formula is C14H21NO2. The molecule has 0 bridgehead atoms. The van der Waals surface area contributed by atoms with Crippen LogP contribution in [0.2, 0.25) is 0 Å². The first-order valence-corrected chi connectivity index (χ1v) is 5.73. The molecule has 0 heterocycles.